The number of hydrogen-bond acceptors (Lipinski definition) is 3. The number of nitrogens with zero attached hydrogens (tertiary/aromatic N) is 1. The number of aryl methyl sites for hydroxylation is 1. The third-order valence-electron chi connectivity index (χ3n) is 4.27. The monoisotopic (exact) mass is 296 g/mol. The van der Waals surface area contributed by atoms with Gasteiger partial charge in [0.25, 0.3) is 0 Å². The molecule has 0 bridgehead atoms. The fourth-order valence-corrected chi connectivity index (χ4v) is 2.88. The molecule has 0 saturated heterocycles. The van der Waals surface area contributed by atoms with Gasteiger partial charge in [0.15, 0.2) is 0 Å². The van der Waals surface area contributed by atoms with E-state index in [1.54, 1.807) is 0 Å². The SMILES string of the molecule is CCC1CN(Cc2ccc(C)cc2)c2ccc(CN)cc2O1. The first-order chi connectivity index (χ1) is 10.7. The first-order valence-corrected chi connectivity index (χ1v) is 7.99. The Kier molecular flexibility index (Phi) is 4.34. The second-order valence-electron chi connectivity index (χ2n) is 6.02. The quantitative estimate of drug-likeness (QED) is 0.936. The molecule has 0 aliphatic carbocycles. The molecule has 1 unspecified atom stereocenters. The molecule has 0 fully saturated rings. The largest absolute Gasteiger partial charge is 0.486 e. The lowest BCUT2D eigenvalue weighted by Gasteiger charge is -2.36. The van der Waals surface area contributed by atoms with Gasteiger partial charge in [-0.15, -0.1) is 0 Å². The number of rotatable bonds is 4. The molecule has 0 saturated carbocycles. The molecule has 22 heavy (non-hydrogen) atoms. The average molecular weight is 296 g/mol. The lowest BCUT2D eigenvalue weighted by molar-refractivity contribution is 0.188. The van der Waals surface area contributed by atoms with E-state index in [4.69, 9.17) is 10.5 Å². The highest BCUT2D eigenvalue weighted by atomic mass is 16.5. The Bertz CT molecular complexity index is 636. The highest BCUT2D eigenvalue weighted by Gasteiger charge is 2.24. The molecular formula is C19H24N2O. The minimum absolute atomic E-state index is 0.242. The molecule has 0 amide bonds. The van der Waals surface area contributed by atoms with Gasteiger partial charge in [0.05, 0.1) is 12.2 Å². The molecular weight excluding hydrogens is 272 g/mol. The van der Waals surface area contributed by atoms with Crippen molar-refractivity contribution >= 4 is 5.69 Å². The van der Waals surface area contributed by atoms with Crippen LogP contribution in [0.25, 0.3) is 0 Å². The van der Waals surface area contributed by atoms with Crippen LogP contribution in [0.3, 0.4) is 0 Å². The van der Waals surface area contributed by atoms with Crippen molar-refractivity contribution in [2.75, 3.05) is 11.4 Å². The van der Waals surface area contributed by atoms with E-state index in [9.17, 15) is 0 Å². The third kappa shape index (κ3) is 3.09. The van der Waals surface area contributed by atoms with Gasteiger partial charge in [0, 0.05) is 13.1 Å². The fourth-order valence-electron chi connectivity index (χ4n) is 2.88. The lowest BCUT2D eigenvalue weighted by atomic mass is 10.1. The van der Waals surface area contributed by atoms with Crippen LogP contribution in [0.15, 0.2) is 42.5 Å². The van der Waals surface area contributed by atoms with Crippen LogP contribution in [0.5, 0.6) is 5.75 Å². The Morgan fingerprint density at radius 3 is 2.55 bits per heavy atom. The van der Waals surface area contributed by atoms with Crippen molar-refractivity contribution in [1.82, 2.24) is 0 Å². The van der Waals surface area contributed by atoms with Crippen LogP contribution in [-0.2, 0) is 13.1 Å². The Morgan fingerprint density at radius 2 is 1.86 bits per heavy atom. The van der Waals surface area contributed by atoms with E-state index in [2.05, 4.69) is 61.2 Å². The first kappa shape index (κ1) is 14.9. The summed E-state index contributed by atoms with van der Waals surface area (Å²) in [5.74, 6) is 0.966. The smallest absolute Gasteiger partial charge is 0.143 e. The first-order valence-electron chi connectivity index (χ1n) is 7.99. The summed E-state index contributed by atoms with van der Waals surface area (Å²) >= 11 is 0. The summed E-state index contributed by atoms with van der Waals surface area (Å²) in [4.78, 5) is 2.41. The number of fused-ring (bicyclic) bond motifs is 1. The molecule has 116 valence electrons. The van der Waals surface area contributed by atoms with Crippen molar-refractivity contribution < 1.29 is 4.74 Å². The maximum Gasteiger partial charge on any atom is 0.143 e. The molecule has 3 rings (SSSR count). The summed E-state index contributed by atoms with van der Waals surface area (Å²) < 4.78 is 6.11. The van der Waals surface area contributed by atoms with Crippen molar-refractivity contribution in [3.8, 4) is 5.75 Å². The zero-order chi connectivity index (χ0) is 15.5. The maximum atomic E-state index is 6.11. The van der Waals surface area contributed by atoms with Crippen molar-refractivity contribution in [2.45, 2.75) is 39.5 Å². The van der Waals surface area contributed by atoms with Crippen molar-refractivity contribution in [3.05, 3.63) is 59.2 Å². The predicted molar refractivity (Wildman–Crippen MR) is 91.3 cm³/mol. The summed E-state index contributed by atoms with van der Waals surface area (Å²) in [7, 11) is 0. The van der Waals surface area contributed by atoms with Gasteiger partial charge in [-0.25, -0.2) is 0 Å². The highest BCUT2D eigenvalue weighted by molar-refractivity contribution is 5.61. The van der Waals surface area contributed by atoms with E-state index in [0.29, 0.717) is 6.54 Å². The number of hydrogen-bond donors (Lipinski definition) is 1. The number of ether oxygens (including phenoxy) is 1. The Morgan fingerprint density at radius 1 is 1.14 bits per heavy atom. The number of anilines is 1. The van der Waals surface area contributed by atoms with Gasteiger partial charge >= 0.3 is 0 Å². The van der Waals surface area contributed by atoms with E-state index in [-0.39, 0.29) is 6.10 Å². The van der Waals surface area contributed by atoms with Gasteiger partial charge in [0.1, 0.15) is 11.9 Å². The minimum Gasteiger partial charge on any atom is -0.486 e. The summed E-state index contributed by atoms with van der Waals surface area (Å²) in [6, 6.07) is 15.1. The second-order valence-corrected chi connectivity index (χ2v) is 6.02. The summed E-state index contributed by atoms with van der Waals surface area (Å²) in [6.45, 7) is 6.68. The summed E-state index contributed by atoms with van der Waals surface area (Å²) in [5.41, 5.74) is 10.7. The van der Waals surface area contributed by atoms with Crippen LogP contribution in [0.1, 0.15) is 30.0 Å². The molecule has 2 aromatic carbocycles. The van der Waals surface area contributed by atoms with Crippen LogP contribution in [0, 0.1) is 6.92 Å². The summed E-state index contributed by atoms with van der Waals surface area (Å²) in [5, 5.41) is 0. The third-order valence-corrected chi connectivity index (χ3v) is 4.27. The van der Waals surface area contributed by atoms with E-state index < -0.39 is 0 Å². The van der Waals surface area contributed by atoms with Gasteiger partial charge in [-0.05, 0) is 36.6 Å². The lowest BCUT2D eigenvalue weighted by Crippen LogP contribution is -2.39. The Labute approximate surface area is 132 Å². The maximum absolute atomic E-state index is 6.11. The molecule has 3 heteroatoms. The topological polar surface area (TPSA) is 38.5 Å². The van der Waals surface area contributed by atoms with Gasteiger partial charge < -0.3 is 15.4 Å². The molecule has 3 nitrogen and oxygen atoms in total. The Balaban J connectivity index is 1.89. The minimum atomic E-state index is 0.242. The van der Waals surface area contributed by atoms with E-state index in [1.165, 1.54) is 16.8 Å². The normalized spacial score (nSPS) is 17.0. The van der Waals surface area contributed by atoms with Gasteiger partial charge in [-0.2, -0.15) is 0 Å². The van der Waals surface area contributed by atoms with E-state index >= 15 is 0 Å². The molecule has 2 aromatic rings. The number of nitrogens with two attached hydrogens (primary N) is 1. The fraction of sp³-hybridized carbons (Fsp3) is 0.368. The van der Waals surface area contributed by atoms with Gasteiger partial charge in [0.2, 0.25) is 0 Å². The predicted octanol–water partition coefficient (Wildman–Crippen LogP) is 3.63. The highest BCUT2D eigenvalue weighted by Crippen LogP contribution is 2.35. The Hall–Kier alpha value is -2.00. The molecule has 0 spiro atoms. The van der Waals surface area contributed by atoms with Gasteiger partial charge in [-0.3, -0.25) is 0 Å². The molecule has 1 aliphatic heterocycles. The van der Waals surface area contributed by atoms with Crippen LogP contribution >= 0.6 is 0 Å². The van der Waals surface area contributed by atoms with Crippen molar-refractivity contribution in [2.24, 2.45) is 5.73 Å². The standard InChI is InChI=1S/C19H24N2O/c1-3-17-13-21(12-15-6-4-14(2)5-7-15)18-9-8-16(11-20)10-19(18)22-17/h4-10,17H,3,11-13,20H2,1-2H3. The molecule has 0 radical (unpaired) electrons. The van der Waals surface area contributed by atoms with Crippen molar-refractivity contribution in [1.29, 1.82) is 0 Å². The second kappa shape index (κ2) is 6.41. The van der Waals surface area contributed by atoms with Crippen LogP contribution in [0.4, 0.5) is 5.69 Å². The van der Waals surface area contributed by atoms with E-state index in [0.717, 1.165) is 30.8 Å². The van der Waals surface area contributed by atoms with Gasteiger partial charge in [-0.1, -0.05) is 42.8 Å². The molecule has 1 aliphatic rings. The molecule has 1 heterocycles. The van der Waals surface area contributed by atoms with Crippen LogP contribution in [-0.4, -0.2) is 12.6 Å². The molecule has 1 atom stereocenters. The summed E-state index contributed by atoms with van der Waals surface area (Å²) in [6.07, 6.45) is 1.25. The van der Waals surface area contributed by atoms with Crippen LogP contribution in [0.2, 0.25) is 0 Å². The zero-order valence-corrected chi connectivity index (χ0v) is 13.4. The molecule has 2 N–H and O–H groups in total. The van der Waals surface area contributed by atoms with E-state index in [1.807, 2.05) is 0 Å². The van der Waals surface area contributed by atoms with Crippen LogP contribution < -0.4 is 15.4 Å². The molecule has 0 aromatic heterocycles. The number of benzene rings is 2. The van der Waals surface area contributed by atoms with Crippen molar-refractivity contribution in [3.63, 3.8) is 0 Å². The zero-order valence-electron chi connectivity index (χ0n) is 13.4. The average Bonchev–Trinajstić information content (AvgIpc) is 2.56.